The van der Waals surface area contributed by atoms with E-state index in [2.05, 4.69) is 54.6 Å². The molecule has 2 nitrogen and oxygen atoms in total. The van der Waals surface area contributed by atoms with Gasteiger partial charge in [-0.25, -0.2) is 0 Å². The molecule has 0 aromatic carbocycles. The Morgan fingerprint density at radius 3 is 2.38 bits per heavy atom. The summed E-state index contributed by atoms with van der Waals surface area (Å²) in [6, 6.07) is 0. The zero-order valence-electron chi connectivity index (χ0n) is 18.9. The van der Waals surface area contributed by atoms with Gasteiger partial charge in [-0.15, -0.1) is 0 Å². The number of rotatable bonds is 7. The molecule has 2 aliphatic carbocycles. The molecule has 0 amide bonds. The molecule has 6 atom stereocenters. The van der Waals surface area contributed by atoms with Crippen molar-refractivity contribution in [3.05, 3.63) is 0 Å². The third-order valence-electron chi connectivity index (χ3n) is 8.42. The average molecular weight is 383 g/mol. The highest BCUT2D eigenvalue weighted by atomic mass is 28.4. The van der Waals surface area contributed by atoms with Gasteiger partial charge in [0.15, 0.2) is 8.32 Å². The van der Waals surface area contributed by atoms with E-state index < -0.39 is 8.32 Å². The van der Waals surface area contributed by atoms with Gasteiger partial charge in [0.05, 0.1) is 6.10 Å². The van der Waals surface area contributed by atoms with E-state index in [9.17, 15) is 5.11 Å². The smallest absolute Gasteiger partial charge is 0.192 e. The summed E-state index contributed by atoms with van der Waals surface area (Å²) in [6.45, 7) is 18.9. The van der Waals surface area contributed by atoms with Crippen LogP contribution in [0.2, 0.25) is 18.1 Å². The summed E-state index contributed by atoms with van der Waals surface area (Å²) in [5, 5.41) is 10.7. The molecular weight excluding hydrogens is 336 g/mol. The molecule has 0 saturated heterocycles. The minimum Gasteiger partial charge on any atom is -0.414 e. The molecule has 2 saturated carbocycles. The van der Waals surface area contributed by atoms with Crippen LogP contribution in [0.3, 0.4) is 0 Å². The van der Waals surface area contributed by atoms with Gasteiger partial charge in [0.2, 0.25) is 0 Å². The third-order valence-corrected chi connectivity index (χ3v) is 13.0. The zero-order valence-corrected chi connectivity index (χ0v) is 19.9. The van der Waals surface area contributed by atoms with Crippen molar-refractivity contribution < 1.29 is 9.53 Å². The van der Waals surface area contributed by atoms with E-state index in [0.717, 1.165) is 18.3 Å². The summed E-state index contributed by atoms with van der Waals surface area (Å²) in [5.41, 5.74) is 0.389. The Morgan fingerprint density at radius 2 is 1.77 bits per heavy atom. The standard InChI is InChI=1S/C23H46O2Si/c1-17(11-9-12-18(2)25-26(7,8)22(3,4)5)19-14-15-20-21(24)13-10-16-23(19,20)6/h17-21,24H,9-16H2,1-8H3/t17-,18+,19-,20+,21+,23-/m1/s1. The van der Waals surface area contributed by atoms with E-state index in [4.69, 9.17) is 4.43 Å². The predicted molar refractivity (Wildman–Crippen MR) is 115 cm³/mol. The van der Waals surface area contributed by atoms with Gasteiger partial charge in [0.25, 0.3) is 0 Å². The first-order valence-electron chi connectivity index (χ1n) is 11.2. The zero-order chi connectivity index (χ0) is 19.8. The molecule has 154 valence electrons. The van der Waals surface area contributed by atoms with E-state index in [-0.39, 0.29) is 6.10 Å². The first-order valence-corrected chi connectivity index (χ1v) is 14.1. The van der Waals surface area contributed by atoms with Gasteiger partial charge in [-0.2, -0.15) is 0 Å². The lowest BCUT2D eigenvalue weighted by Gasteiger charge is -2.45. The Hall–Kier alpha value is 0.137. The highest BCUT2D eigenvalue weighted by Gasteiger charge is 2.52. The predicted octanol–water partition coefficient (Wildman–Crippen LogP) is 6.78. The summed E-state index contributed by atoms with van der Waals surface area (Å²) in [7, 11) is -1.64. The maximum absolute atomic E-state index is 10.5. The SMILES string of the molecule is C[C@H](CCC[C@H](C)O[Si](C)(C)C(C)(C)C)[C@H]1CC[C@H]2[C@@H](O)CCC[C@]12C. The monoisotopic (exact) mass is 382 g/mol. The van der Waals surface area contributed by atoms with Crippen LogP contribution < -0.4 is 0 Å². The lowest BCUT2D eigenvalue weighted by Crippen LogP contribution is -2.43. The van der Waals surface area contributed by atoms with Crippen molar-refractivity contribution in [3.8, 4) is 0 Å². The second-order valence-electron chi connectivity index (χ2n) is 11.4. The molecule has 0 spiro atoms. The molecule has 0 aromatic rings. The van der Waals surface area contributed by atoms with Gasteiger partial charge < -0.3 is 9.53 Å². The molecule has 1 N–H and O–H groups in total. The van der Waals surface area contributed by atoms with Crippen molar-refractivity contribution in [3.63, 3.8) is 0 Å². The van der Waals surface area contributed by atoms with E-state index in [1.165, 1.54) is 44.9 Å². The largest absolute Gasteiger partial charge is 0.414 e. The van der Waals surface area contributed by atoms with Gasteiger partial charge in [0, 0.05) is 6.10 Å². The summed E-state index contributed by atoms with van der Waals surface area (Å²) in [4.78, 5) is 0. The molecule has 2 aliphatic rings. The van der Waals surface area contributed by atoms with Gasteiger partial charge in [-0.3, -0.25) is 0 Å². The molecule has 0 heterocycles. The van der Waals surface area contributed by atoms with Crippen LogP contribution in [0.15, 0.2) is 0 Å². The Balaban J connectivity index is 1.81. The lowest BCUT2D eigenvalue weighted by molar-refractivity contribution is -0.0279. The molecule has 0 aliphatic heterocycles. The molecule has 0 radical (unpaired) electrons. The Bertz CT molecular complexity index is 456. The third kappa shape index (κ3) is 4.75. The Labute approximate surface area is 164 Å². The summed E-state index contributed by atoms with van der Waals surface area (Å²) < 4.78 is 6.54. The van der Waals surface area contributed by atoms with Crippen molar-refractivity contribution in [1.29, 1.82) is 0 Å². The highest BCUT2D eigenvalue weighted by molar-refractivity contribution is 6.74. The maximum atomic E-state index is 10.5. The van der Waals surface area contributed by atoms with Crippen LogP contribution >= 0.6 is 0 Å². The van der Waals surface area contributed by atoms with Crippen LogP contribution in [0, 0.1) is 23.2 Å². The minimum atomic E-state index is -1.64. The second-order valence-corrected chi connectivity index (χ2v) is 16.1. The second kappa shape index (κ2) is 8.25. The van der Waals surface area contributed by atoms with Crippen molar-refractivity contribution in [2.45, 2.75) is 123 Å². The van der Waals surface area contributed by atoms with Crippen molar-refractivity contribution in [2.75, 3.05) is 0 Å². The molecule has 26 heavy (non-hydrogen) atoms. The van der Waals surface area contributed by atoms with Crippen LogP contribution in [0.1, 0.15) is 92.9 Å². The molecule has 0 aromatic heterocycles. The topological polar surface area (TPSA) is 29.5 Å². The van der Waals surface area contributed by atoms with Crippen LogP contribution in [0.4, 0.5) is 0 Å². The van der Waals surface area contributed by atoms with Crippen LogP contribution in [-0.4, -0.2) is 25.6 Å². The van der Waals surface area contributed by atoms with E-state index in [1.807, 2.05) is 0 Å². The summed E-state index contributed by atoms with van der Waals surface area (Å²) in [5.74, 6) is 2.14. The molecule has 2 fully saturated rings. The fourth-order valence-electron chi connectivity index (χ4n) is 5.79. The maximum Gasteiger partial charge on any atom is 0.192 e. The van der Waals surface area contributed by atoms with Crippen molar-refractivity contribution in [1.82, 2.24) is 0 Å². The van der Waals surface area contributed by atoms with Crippen LogP contribution in [0.25, 0.3) is 0 Å². The number of aliphatic hydroxyl groups is 1. The fraction of sp³-hybridized carbons (Fsp3) is 1.00. The van der Waals surface area contributed by atoms with Crippen molar-refractivity contribution >= 4 is 8.32 Å². The van der Waals surface area contributed by atoms with Gasteiger partial charge in [-0.1, -0.05) is 53.9 Å². The fourth-order valence-corrected chi connectivity index (χ4v) is 7.27. The van der Waals surface area contributed by atoms with Gasteiger partial charge in [-0.05, 0) is 80.3 Å². The lowest BCUT2D eigenvalue weighted by atomic mass is 9.61. The minimum absolute atomic E-state index is 0.0380. The van der Waals surface area contributed by atoms with E-state index >= 15 is 0 Å². The number of aliphatic hydroxyl groups excluding tert-OH is 1. The Morgan fingerprint density at radius 1 is 1.12 bits per heavy atom. The van der Waals surface area contributed by atoms with E-state index in [1.54, 1.807) is 0 Å². The van der Waals surface area contributed by atoms with Crippen LogP contribution in [0.5, 0.6) is 0 Å². The molecule has 0 bridgehead atoms. The first kappa shape index (κ1) is 22.4. The summed E-state index contributed by atoms with van der Waals surface area (Å²) >= 11 is 0. The Kier molecular flexibility index (Phi) is 7.11. The molecular formula is C23H46O2Si. The average Bonchev–Trinajstić information content (AvgIpc) is 2.84. The molecule has 3 heteroatoms. The normalized spacial score (nSPS) is 35.2. The number of fused-ring (bicyclic) bond motifs is 1. The van der Waals surface area contributed by atoms with E-state index in [0.29, 0.717) is 22.5 Å². The van der Waals surface area contributed by atoms with Gasteiger partial charge in [0.1, 0.15) is 0 Å². The number of hydrogen-bond donors (Lipinski definition) is 1. The molecule has 2 rings (SSSR count). The van der Waals surface area contributed by atoms with Gasteiger partial charge >= 0.3 is 0 Å². The first-order chi connectivity index (χ1) is 11.9. The quantitative estimate of drug-likeness (QED) is 0.492. The highest BCUT2D eigenvalue weighted by Crippen LogP contribution is 2.58. The van der Waals surface area contributed by atoms with Crippen LogP contribution in [-0.2, 0) is 4.43 Å². The number of hydrogen-bond acceptors (Lipinski definition) is 2. The molecule has 0 unspecified atom stereocenters. The summed E-state index contributed by atoms with van der Waals surface area (Å²) in [6.07, 6.45) is 10.3. The van der Waals surface area contributed by atoms with Crippen molar-refractivity contribution in [2.24, 2.45) is 23.2 Å².